The van der Waals surface area contributed by atoms with Crippen LogP contribution in [0.3, 0.4) is 0 Å². The number of unbranched alkanes of at least 4 members (excludes halogenated alkanes) is 1. The molecule has 1 heterocycles. The third-order valence-electron chi connectivity index (χ3n) is 1.74. The molecule has 0 fully saturated rings. The van der Waals surface area contributed by atoms with Gasteiger partial charge in [-0.3, -0.25) is 0 Å². The summed E-state index contributed by atoms with van der Waals surface area (Å²) in [6.07, 6.45) is 6.87. The van der Waals surface area contributed by atoms with Crippen molar-refractivity contribution in [2.24, 2.45) is 0 Å². The Morgan fingerprint density at radius 3 is 2.23 bits per heavy atom. The minimum atomic E-state index is 0. The van der Waals surface area contributed by atoms with E-state index in [-0.39, 0.29) is 41.9 Å². The Morgan fingerprint density at radius 1 is 1.23 bits per heavy atom. The maximum Gasteiger partial charge on any atom is 2.00 e. The second kappa shape index (κ2) is 10.5. The SMILES string of the molecule is CCCCN1C=CN(C)C1.[Cl-].[Cl-].[Fe+2]. The van der Waals surface area contributed by atoms with Crippen LogP contribution in [0.4, 0.5) is 0 Å². The first-order valence-electron chi connectivity index (χ1n) is 3.95. The average molecular weight is 267 g/mol. The minimum absolute atomic E-state index is 0. The first-order valence-corrected chi connectivity index (χ1v) is 3.95. The molecule has 0 spiro atoms. The van der Waals surface area contributed by atoms with E-state index in [1.807, 2.05) is 0 Å². The van der Waals surface area contributed by atoms with E-state index in [1.165, 1.54) is 19.4 Å². The van der Waals surface area contributed by atoms with Gasteiger partial charge in [0, 0.05) is 26.0 Å². The van der Waals surface area contributed by atoms with E-state index in [2.05, 4.69) is 36.2 Å². The molecule has 0 N–H and O–H groups in total. The van der Waals surface area contributed by atoms with Crippen LogP contribution in [0.15, 0.2) is 12.4 Å². The number of rotatable bonds is 3. The van der Waals surface area contributed by atoms with Crippen LogP contribution in [0.2, 0.25) is 0 Å². The van der Waals surface area contributed by atoms with Crippen LogP contribution in [0.5, 0.6) is 0 Å². The Balaban J connectivity index is -0.000000333. The normalized spacial score (nSPS) is 13.1. The van der Waals surface area contributed by atoms with Crippen molar-refractivity contribution in [1.29, 1.82) is 0 Å². The molecule has 2 nitrogen and oxygen atoms in total. The maximum atomic E-state index is 2.34. The van der Waals surface area contributed by atoms with Gasteiger partial charge in [0.25, 0.3) is 0 Å². The minimum Gasteiger partial charge on any atom is -1.00 e. The molecule has 0 unspecified atom stereocenters. The van der Waals surface area contributed by atoms with Crippen LogP contribution in [-0.2, 0) is 17.1 Å². The summed E-state index contributed by atoms with van der Waals surface area (Å²) in [6.45, 7) is 4.50. The molecule has 1 aliphatic rings. The second-order valence-electron chi connectivity index (χ2n) is 2.86. The quantitative estimate of drug-likeness (QED) is 0.475. The fourth-order valence-electron chi connectivity index (χ4n) is 1.10. The Bertz CT molecular complexity index is 133. The monoisotopic (exact) mass is 266 g/mol. The third kappa shape index (κ3) is 7.51. The van der Waals surface area contributed by atoms with E-state index in [0.717, 1.165) is 6.67 Å². The summed E-state index contributed by atoms with van der Waals surface area (Å²) >= 11 is 0. The third-order valence-corrected chi connectivity index (χ3v) is 1.74. The largest absolute Gasteiger partial charge is 2.00 e. The van der Waals surface area contributed by atoms with Crippen molar-refractivity contribution in [2.45, 2.75) is 19.8 Å². The first kappa shape index (κ1) is 19.1. The van der Waals surface area contributed by atoms with E-state index in [9.17, 15) is 0 Å². The van der Waals surface area contributed by atoms with E-state index in [4.69, 9.17) is 0 Å². The smallest absolute Gasteiger partial charge is 1.00 e. The fraction of sp³-hybridized carbons (Fsp3) is 0.750. The summed E-state index contributed by atoms with van der Waals surface area (Å²) in [5, 5.41) is 0. The topological polar surface area (TPSA) is 6.48 Å². The van der Waals surface area contributed by atoms with Gasteiger partial charge >= 0.3 is 17.1 Å². The van der Waals surface area contributed by atoms with Crippen molar-refractivity contribution in [1.82, 2.24) is 9.80 Å². The summed E-state index contributed by atoms with van der Waals surface area (Å²) in [7, 11) is 2.10. The molecular formula is C8H16Cl2FeN2. The van der Waals surface area contributed by atoms with Gasteiger partial charge in [0.2, 0.25) is 0 Å². The first-order chi connectivity index (χ1) is 4.83. The molecular weight excluding hydrogens is 251 g/mol. The van der Waals surface area contributed by atoms with Crippen LogP contribution >= 0.6 is 0 Å². The summed E-state index contributed by atoms with van der Waals surface area (Å²) in [5.41, 5.74) is 0. The van der Waals surface area contributed by atoms with Gasteiger partial charge in [-0.05, 0) is 6.42 Å². The molecule has 0 amide bonds. The number of halogens is 2. The molecule has 5 heteroatoms. The van der Waals surface area contributed by atoms with Crippen molar-refractivity contribution in [3.63, 3.8) is 0 Å². The van der Waals surface area contributed by atoms with E-state index in [0.29, 0.717) is 0 Å². The maximum absolute atomic E-state index is 2.34. The molecule has 0 saturated heterocycles. The van der Waals surface area contributed by atoms with Crippen LogP contribution in [0, 0.1) is 0 Å². The van der Waals surface area contributed by atoms with Gasteiger partial charge in [-0.2, -0.15) is 0 Å². The van der Waals surface area contributed by atoms with Gasteiger partial charge in [0.1, 0.15) is 0 Å². The van der Waals surface area contributed by atoms with Gasteiger partial charge in [-0.15, -0.1) is 0 Å². The molecule has 80 valence electrons. The Hall–Kier alpha value is 0.439. The molecule has 0 saturated carbocycles. The Labute approximate surface area is 104 Å². The number of hydrogen-bond donors (Lipinski definition) is 0. The summed E-state index contributed by atoms with van der Waals surface area (Å²) in [6, 6.07) is 0. The van der Waals surface area contributed by atoms with Gasteiger partial charge in [-0.25, -0.2) is 0 Å². The van der Waals surface area contributed by atoms with Crippen molar-refractivity contribution in [2.75, 3.05) is 20.3 Å². The molecule has 1 rings (SSSR count). The number of hydrogen-bond acceptors (Lipinski definition) is 2. The Kier molecular flexibility index (Phi) is 15.4. The van der Waals surface area contributed by atoms with Crippen molar-refractivity contribution in [3.05, 3.63) is 12.4 Å². The zero-order valence-electron chi connectivity index (χ0n) is 7.99. The molecule has 0 aromatic heterocycles. The van der Waals surface area contributed by atoms with Crippen LogP contribution in [0.1, 0.15) is 19.8 Å². The molecule has 0 radical (unpaired) electrons. The van der Waals surface area contributed by atoms with E-state index in [1.54, 1.807) is 0 Å². The second-order valence-corrected chi connectivity index (χ2v) is 2.86. The molecule has 0 atom stereocenters. The molecule has 0 aromatic carbocycles. The van der Waals surface area contributed by atoms with E-state index < -0.39 is 0 Å². The molecule has 1 aliphatic heterocycles. The zero-order valence-corrected chi connectivity index (χ0v) is 10.6. The predicted octanol–water partition coefficient (Wildman–Crippen LogP) is -4.53. The van der Waals surface area contributed by atoms with Gasteiger partial charge < -0.3 is 34.6 Å². The average Bonchev–Trinajstić information content (AvgIpc) is 2.31. The molecule has 0 aliphatic carbocycles. The van der Waals surface area contributed by atoms with Gasteiger partial charge in [0.05, 0.1) is 6.67 Å². The fourth-order valence-corrected chi connectivity index (χ4v) is 1.10. The molecule has 0 bridgehead atoms. The predicted molar refractivity (Wildman–Crippen MR) is 43.4 cm³/mol. The summed E-state index contributed by atoms with van der Waals surface area (Å²) in [4.78, 5) is 4.53. The van der Waals surface area contributed by atoms with Crippen molar-refractivity contribution in [3.8, 4) is 0 Å². The number of nitrogens with zero attached hydrogens (tertiary/aromatic N) is 2. The summed E-state index contributed by atoms with van der Waals surface area (Å²) < 4.78 is 0. The standard InChI is InChI=1S/C8H16N2.2ClH.Fe/c1-3-4-5-10-7-6-9(2)8-10;;;/h6-7H,3-5,8H2,1-2H3;2*1H;/q;;;+2/p-2. The molecule has 0 aromatic rings. The van der Waals surface area contributed by atoms with Crippen LogP contribution in [0.25, 0.3) is 0 Å². The van der Waals surface area contributed by atoms with Gasteiger partial charge in [0.15, 0.2) is 0 Å². The van der Waals surface area contributed by atoms with Crippen LogP contribution < -0.4 is 24.8 Å². The van der Waals surface area contributed by atoms with Gasteiger partial charge in [-0.1, -0.05) is 13.3 Å². The summed E-state index contributed by atoms with van der Waals surface area (Å²) in [5.74, 6) is 0. The zero-order chi connectivity index (χ0) is 7.40. The Morgan fingerprint density at radius 2 is 1.85 bits per heavy atom. The van der Waals surface area contributed by atoms with E-state index >= 15 is 0 Å². The van der Waals surface area contributed by atoms with Crippen molar-refractivity contribution < 1.29 is 41.9 Å². The molecule has 13 heavy (non-hydrogen) atoms. The van der Waals surface area contributed by atoms with Crippen molar-refractivity contribution >= 4 is 0 Å². The van der Waals surface area contributed by atoms with Crippen LogP contribution in [-0.4, -0.2) is 30.1 Å².